The van der Waals surface area contributed by atoms with Gasteiger partial charge in [0.05, 0.1) is 53.3 Å². The molecule has 7 nitrogen and oxygen atoms in total. The van der Waals surface area contributed by atoms with Crippen molar-refractivity contribution in [3.05, 3.63) is 22.2 Å². The van der Waals surface area contributed by atoms with E-state index in [0.717, 1.165) is 11.1 Å². The van der Waals surface area contributed by atoms with Crippen molar-refractivity contribution in [2.24, 2.45) is 5.92 Å². The Balaban J connectivity index is 2.61. The molecule has 0 fully saturated rings. The fourth-order valence-corrected chi connectivity index (χ4v) is 4.74. The molecule has 176 valence electrons. The van der Waals surface area contributed by atoms with Crippen LogP contribution in [0.4, 0.5) is 0 Å². The van der Waals surface area contributed by atoms with Crippen LogP contribution in [0.25, 0.3) is 11.1 Å². The average Bonchev–Trinajstić information content (AvgIpc) is 2.78. The molecule has 0 saturated heterocycles. The van der Waals surface area contributed by atoms with Crippen molar-refractivity contribution in [3.8, 4) is 45.6 Å². The molecule has 2 aromatic rings. The predicted octanol–water partition coefficient (Wildman–Crippen LogP) is 4.54. The van der Waals surface area contributed by atoms with Crippen molar-refractivity contribution >= 4 is 11.6 Å². The minimum absolute atomic E-state index is 0.104. The van der Waals surface area contributed by atoms with Gasteiger partial charge in [0.2, 0.25) is 11.5 Å². The van der Waals surface area contributed by atoms with Crippen LogP contribution in [-0.4, -0.2) is 53.4 Å². The maximum Gasteiger partial charge on any atom is 0.205 e. The lowest BCUT2D eigenvalue weighted by atomic mass is 9.75. The van der Waals surface area contributed by atoms with Gasteiger partial charge in [-0.2, -0.15) is 0 Å². The van der Waals surface area contributed by atoms with Gasteiger partial charge in [0.1, 0.15) is 0 Å². The third-order valence-electron chi connectivity index (χ3n) is 6.30. The molecular formula is C24H31ClO7. The van der Waals surface area contributed by atoms with Gasteiger partial charge in [-0.25, -0.2) is 0 Å². The zero-order valence-corrected chi connectivity index (χ0v) is 20.6. The summed E-state index contributed by atoms with van der Waals surface area (Å²) in [6.07, 6.45) is 0.837. The Morgan fingerprint density at radius 3 is 1.84 bits per heavy atom. The summed E-state index contributed by atoms with van der Waals surface area (Å²) in [7, 11) is 9.30. The summed E-state index contributed by atoms with van der Waals surface area (Å²) in [6, 6.07) is 1.91. The molecule has 1 aliphatic rings. The Morgan fingerprint density at radius 1 is 0.812 bits per heavy atom. The van der Waals surface area contributed by atoms with E-state index in [-0.39, 0.29) is 12.3 Å². The first kappa shape index (κ1) is 24.1. The van der Waals surface area contributed by atoms with E-state index < -0.39 is 5.60 Å². The maximum atomic E-state index is 11.4. The SMILES string of the molecule is COc1cc2c(c(OC)c1OC)-c1c(c(Cl)c(OC)c(OC)c1OC)C[C@](C)(O)[C@@H](C)C2. The predicted molar refractivity (Wildman–Crippen MR) is 123 cm³/mol. The molecule has 0 aliphatic heterocycles. The number of methoxy groups -OCH3 is 6. The Hall–Kier alpha value is -2.51. The summed E-state index contributed by atoms with van der Waals surface area (Å²) in [5, 5.41) is 11.7. The molecule has 0 bridgehead atoms. The van der Waals surface area contributed by atoms with E-state index in [2.05, 4.69) is 0 Å². The highest BCUT2D eigenvalue weighted by atomic mass is 35.5. The smallest absolute Gasteiger partial charge is 0.205 e. The fourth-order valence-electron chi connectivity index (χ4n) is 4.42. The van der Waals surface area contributed by atoms with E-state index in [4.69, 9.17) is 40.0 Å². The average molecular weight is 467 g/mol. The van der Waals surface area contributed by atoms with E-state index >= 15 is 0 Å². The lowest BCUT2D eigenvalue weighted by Gasteiger charge is -2.36. The number of aliphatic hydroxyl groups is 1. The van der Waals surface area contributed by atoms with E-state index in [0.29, 0.717) is 57.1 Å². The molecule has 0 unspecified atom stereocenters. The molecule has 32 heavy (non-hydrogen) atoms. The number of hydrogen-bond donors (Lipinski definition) is 1. The highest BCUT2D eigenvalue weighted by Crippen LogP contribution is 2.58. The largest absolute Gasteiger partial charge is 0.493 e. The minimum Gasteiger partial charge on any atom is -0.493 e. The van der Waals surface area contributed by atoms with Gasteiger partial charge in [0, 0.05) is 17.5 Å². The topological polar surface area (TPSA) is 75.6 Å². The van der Waals surface area contributed by atoms with Crippen LogP contribution in [0.15, 0.2) is 6.07 Å². The van der Waals surface area contributed by atoms with Crippen LogP contribution < -0.4 is 28.4 Å². The van der Waals surface area contributed by atoms with Gasteiger partial charge < -0.3 is 33.5 Å². The van der Waals surface area contributed by atoms with Crippen molar-refractivity contribution < 1.29 is 33.5 Å². The van der Waals surface area contributed by atoms with Crippen LogP contribution in [-0.2, 0) is 12.8 Å². The van der Waals surface area contributed by atoms with Crippen molar-refractivity contribution in [1.82, 2.24) is 0 Å². The molecule has 1 aliphatic carbocycles. The Bertz CT molecular complexity index is 1020. The number of rotatable bonds is 6. The van der Waals surface area contributed by atoms with Crippen LogP contribution in [0.2, 0.25) is 5.02 Å². The van der Waals surface area contributed by atoms with Crippen LogP contribution in [0.3, 0.4) is 0 Å². The number of fused-ring (bicyclic) bond motifs is 3. The molecule has 0 saturated carbocycles. The van der Waals surface area contributed by atoms with E-state index in [1.165, 1.54) is 14.2 Å². The van der Waals surface area contributed by atoms with Gasteiger partial charge >= 0.3 is 0 Å². The normalized spacial score (nSPS) is 19.8. The van der Waals surface area contributed by atoms with Crippen LogP contribution in [0.1, 0.15) is 25.0 Å². The van der Waals surface area contributed by atoms with Gasteiger partial charge in [0.15, 0.2) is 23.0 Å². The van der Waals surface area contributed by atoms with Crippen LogP contribution >= 0.6 is 11.6 Å². The molecule has 3 rings (SSSR count). The van der Waals surface area contributed by atoms with Crippen LogP contribution in [0.5, 0.6) is 34.5 Å². The third-order valence-corrected chi connectivity index (χ3v) is 6.70. The van der Waals surface area contributed by atoms with Gasteiger partial charge in [-0.15, -0.1) is 0 Å². The molecule has 0 heterocycles. The minimum atomic E-state index is -1.05. The van der Waals surface area contributed by atoms with Gasteiger partial charge in [-0.1, -0.05) is 18.5 Å². The molecule has 1 N–H and O–H groups in total. The lowest BCUT2D eigenvalue weighted by molar-refractivity contribution is 0.00630. The fraction of sp³-hybridized carbons (Fsp3) is 0.500. The Morgan fingerprint density at radius 2 is 1.34 bits per heavy atom. The molecule has 0 amide bonds. The summed E-state index contributed by atoms with van der Waals surface area (Å²) in [5.41, 5.74) is 1.93. The third kappa shape index (κ3) is 3.67. The van der Waals surface area contributed by atoms with Crippen molar-refractivity contribution in [3.63, 3.8) is 0 Å². The number of benzene rings is 2. The summed E-state index contributed by atoms with van der Waals surface area (Å²) < 4.78 is 34.1. The molecule has 8 heteroatoms. The Labute approximate surface area is 194 Å². The standard InChI is InChI=1S/C24H31ClO7/c1-12-9-13-10-15(27-3)19(28-4)20(29-5)16(13)17-14(11-24(12,2)26)18(25)22(31-7)23(32-8)21(17)30-6/h10,12,26H,9,11H2,1-8H3/t12-,24-/m0/s1. The van der Waals surface area contributed by atoms with E-state index in [1.807, 2.05) is 19.9 Å². The van der Waals surface area contributed by atoms with Gasteiger partial charge in [0.25, 0.3) is 0 Å². The summed E-state index contributed by atoms with van der Waals surface area (Å²) in [4.78, 5) is 0. The zero-order valence-electron chi connectivity index (χ0n) is 19.8. The number of ether oxygens (including phenoxy) is 6. The van der Waals surface area contributed by atoms with Crippen molar-refractivity contribution in [1.29, 1.82) is 0 Å². The first-order valence-electron chi connectivity index (χ1n) is 10.2. The second-order valence-electron chi connectivity index (χ2n) is 8.09. The highest BCUT2D eigenvalue weighted by molar-refractivity contribution is 6.34. The first-order valence-corrected chi connectivity index (χ1v) is 10.6. The van der Waals surface area contributed by atoms with Crippen LogP contribution in [0, 0.1) is 5.92 Å². The van der Waals surface area contributed by atoms with Gasteiger partial charge in [-0.05, 0) is 36.5 Å². The molecule has 0 aromatic heterocycles. The number of hydrogen-bond acceptors (Lipinski definition) is 7. The lowest BCUT2D eigenvalue weighted by Crippen LogP contribution is -2.38. The Kier molecular flexibility index (Phi) is 6.91. The molecule has 0 spiro atoms. The second-order valence-corrected chi connectivity index (χ2v) is 8.46. The maximum absolute atomic E-state index is 11.4. The molecule has 0 radical (unpaired) electrons. The summed E-state index contributed by atoms with van der Waals surface area (Å²) in [5.74, 6) is 2.49. The van der Waals surface area contributed by atoms with Crippen molar-refractivity contribution in [2.45, 2.75) is 32.3 Å². The zero-order chi connectivity index (χ0) is 23.8. The second kappa shape index (κ2) is 9.16. The number of halogens is 1. The van der Waals surface area contributed by atoms with Gasteiger partial charge in [-0.3, -0.25) is 0 Å². The summed E-state index contributed by atoms with van der Waals surface area (Å²) in [6.45, 7) is 3.81. The highest BCUT2D eigenvalue weighted by Gasteiger charge is 2.39. The summed E-state index contributed by atoms with van der Waals surface area (Å²) >= 11 is 6.87. The monoisotopic (exact) mass is 466 g/mol. The quantitative estimate of drug-likeness (QED) is 0.669. The van der Waals surface area contributed by atoms with E-state index in [9.17, 15) is 5.11 Å². The first-order chi connectivity index (χ1) is 15.2. The van der Waals surface area contributed by atoms with Crippen molar-refractivity contribution in [2.75, 3.05) is 42.7 Å². The molecular weight excluding hydrogens is 436 g/mol. The molecule has 2 aromatic carbocycles. The molecule has 2 atom stereocenters. The van der Waals surface area contributed by atoms with E-state index in [1.54, 1.807) is 28.4 Å².